The van der Waals surface area contributed by atoms with E-state index in [2.05, 4.69) is 0 Å². The van der Waals surface area contributed by atoms with Crippen LogP contribution in [-0.2, 0) is 0 Å². The zero-order valence-corrected chi connectivity index (χ0v) is 10.4. The number of nitrogens with zero attached hydrogens (tertiary/aromatic N) is 1. The van der Waals surface area contributed by atoms with Crippen molar-refractivity contribution in [3.63, 3.8) is 0 Å². The number of carbonyl (C=O) groups excluding carboxylic acids is 1. The quantitative estimate of drug-likeness (QED) is 0.816. The maximum Gasteiger partial charge on any atom is 0.293 e. The van der Waals surface area contributed by atoms with Crippen LogP contribution in [0.15, 0.2) is 40.8 Å². The molecule has 4 heteroatoms. The molecular formula is C13H12ClNO2. The molecule has 0 aliphatic rings. The third kappa shape index (κ3) is 2.34. The first-order valence-corrected chi connectivity index (χ1v) is 5.56. The van der Waals surface area contributed by atoms with Crippen molar-refractivity contribution in [2.75, 3.05) is 11.9 Å². The molecule has 0 bridgehead atoms. The highest BCUT2D eigenvalue weighted by atomic mass is 35.5. The summed E-state index contributed by atoms with van der Waals surface area (Å²) in [6.45, 7) is 1.95. The molecule has 0 aliphatic heterocycles. The summed E-state index contributed by atoms with van der Waals surface area (Å²) >= 11 is 5.65. The van der Waals surface area contributed by atoms with Gasteiger partial charge in [-0.25, -0.2) is 0 Å². The molecule has 3 nitrogen and oxygen atoms in total. The molecule has 0 radical (unpaired) electrons. The Morgan fingerprint density at radius 1 is 1.24 bits per heavy atom. The van der Waals surface area contributed by atoms with Crippen molar-refractivity contribution in [2.24, 2.45) is 0 Å². The van der Waals surface area contributed by atoms with Crippen LogP contribution in [0.2, 0.25) is 5.22 Å². The molecule has 1 aromatic heterocycles. The van der Waals surface area contributed by atoms with Gasteiger partial charge in [-0.2, -0.15) is 0 Å². The van der Waals surface area contributed by atoms with E-state index in [0.717, 1.165) is 11.3 Å². The van der Waals surface area contributed by atoms with Crippen LogP contribution in [0.4, 0.5) is 5.69 Å². The summed E-state index contributed by atoms with van der Waals surface area (Å²) in [6.07, 6.45) is 0. The van der Waals surface area contributed by atoms with Gasteiger partial charge in [-0.3, -0.25) is 4.79 Å². The first-order valence-electron chi connectivity index (χ1n) is 5.18. The van der Waals surface area contributed by atoms with E-state index in [1.807, 2.05) is 31.2 Å². The monoisotopic (exact) mass is 249 g/mol. The van der Waals surface area contributed by atoms with Gasteiger partial charge >= 0.3 is 0 Å². The second kappa shape index (κ2) is 4.63. The SMILES string of the molecule is Cc1ccccc1N(C)C(=O)c1ccc(Cl)o1. The number of amides is 1. The zero-order chi connectivity index (χ0) is 12.4. The molecule has 2 aromatic rings. The number of aryl methyl sites for hydroxylation is 1. The van der Waals surface area contributed by atoms with E-state index >= 15 is 0 Å². The molecule has 88 valence electrons. The van der Waals surface area contributed by atoms with E-state index in [0.29, 0.717) is 0 Å². The molecular weight excluding hydrogens is 238 g/mol. The molecule has 2 rings (SSSR count). The number of carbonyl (C=O) groups is 1. The maximum absolute atomic E-state index is 12.1. The van der Waals surface area contributed by atoms with Gasteiger partial charge in [-0.05, 0) is 42.3 Å². The average molecular weight is 250 g/mol. The summed E-state index contributed by atoms with van der Waals surface area (Å²) in [5.41, 5.74) is 1.88. The van der Waals surface area contributed by atoms with E-state index < -0.39 is 0 Å². The van der Waals surface area contributed by atoms with Gasteiger partial charge < -0.3 is 9.32 Å². The summed E-state index contributed by atoms with van der Waals surface area (Å²) in [5.74, 6) is 0.0203. The molecule has 0 unspecified atom stereocenters. The summed E-state index contributed by atoms with van der Waals surface area (Å²) < 4.78 is 5.10. The van der Waals surface area contributed by atoms with Crippen LogP contribution in [0.5, 0.6) is 0 Å². The number of para-hydroxylation sites is 1. The van der Waals surface area contributed by atoms with Crippen LogP contribution in [0.25, 0.3) is 0 Å². The molecule has 0 spiro atoms. The Kier molecular flexibility index (Phi) is 3.20. The lowest BCUT2D eigenvalue weighted by Gasteiger charge is -2.17. The van der Waals surface area contributed by atoms with Gasteiger partial charge in [-0.15, -0.1) is 0 Å². The Morgan fingerprint density at radius 2 is 1.94 bits per heavy atom. The minimum absolute atomic E-state index is 0.214. The number of halogens is 1. The first-order chi connectivity index (χ1) is 8.09. The predicted octanol–water partition coefficient (Wildman–Crippen LogP) is 3.52. The summed E-state index contributed by atoms with van der Waals surface area (Å²) in [6, 6.07) is 10.8. The fourth-order valence-corrected chi connectivity index (χ4v) is 1.79. The molecule has 0 fully saturated rings. The topological polar surface area (TPSA) is 33.5 Å². The van der Waals surface area contributed by atoms with Crippen molar-refractivity contribution >= 4 is 23.2 Å². The van der Waals surface area contributed by atoms with Crippen LogP contribution < -0.4 is 4.90 Å². The Morgan fingerprint density at radius 3 is 2.53 bits per heavy atom. The first kappa shape index (κ1) is 11.7. The molecule has 1 aromatic carbocycles. The molecule has 0 atom stereocenters. The lowest BCUT2D eigenvalue weighted by Crippen LogP contribution is -2.26. The minimum Gasteiger partial charge on any atom is -0.440 e. The van der Waals surface area contributed by atoms with Crippen LogP contribution in [-0.4, -0.2) is 13.0 Å². The van der Waals surface area contributed by atoms with Crippen molar-refractivity contribution in [1.82, 2.24) is 0 Å². The average Bonchev–Trinajstić information content (AvgIpc) is 2.75. The predicted molar refractivity (Wildman–Crippen MR) is 67.6 cm³/mol. The highest BCUT2D eigenvalue weighted by molar-refractivity contribution is 6.29. The van der Waals surface area contributed by atoms with Crippen LogP contribution >= 0.6 is 11.6 Å². The van der Waals surface area contributed by atoms with Gasteiger partial charge in [0.25, 0.3) is 5.91 Å². The number of furan rings is 1. The summed E-state index contributed by atoms with van der Waals surface area (Å²) in [5, 5.41) is 0.214. The second-order valence-corrected chi connectivity index (χ2v) is 4.13. The van der Waals surface area contributed by atoms with Crippen molar-refractivity contribution in [1.29, 1.82) is 0 Å². The van der Waals surface area contributed by atoms with E-state index in [9.17, 15) is 4.79 Å². The van der Waals surface area contributed by atoms with Crippen LogP contribution in [0.3, 0.4) is 0 Å². The van der Waals surface area contributed by atoms with Gasteiger partial charge in [0, 0.05) is 12.7 Å². The number of rotatable bonds is 2. The minimum atomic E-state index is -0.216. The Balaban J connectivity index is 2.29. The standard InChI is InChI=1S/C13H12ClNO2/c1-9-5-3-4-6-10(9)15(2)13(16)11-7-8-12(14)17-11/h3-8H,1-2H3. The molecule has 1 amide bonds. The molecule has 17 heavy (non-hydrogen) atoms. The third-order valence-corrected chi connectivity index (χ3v) is 2.77. The Bertz CT molecular complexity index is 548. The molecule has 0 N–H and O–H groups in total. The summed E-state index contributed by atoms with van der Waals surface area (Å²) in [4.78, 5) is 13.6. The number of hydrogen-bond donors (Lipinski definition) is 0. The van der Waals surface area contributed by atoms with E-state index in [-0.39, 0.29) is 16.9 Å². The fourth-order valence-electron chi connectivity index (χ4n) is 1.64. The molecule has 0 aliphatic carbocycles. The van der Waals surface area contributed by atoms with Crippen LogP contribution in [0.1, 0.15) is 16.1 Å². The Labute approximate surface area is 105 Å². The molecule has 0 saturated heterocycles. The van der Waals surface area contributed by atoms with Crippen molar-refractivity contribution in [3.8, 4) is 0 Å². The smallest absolute Gasteiger partial charge is 0.293 e. The Hall–Kier alpha value is -1.74. The van der Waals surface area contributed by atoms with Gasteiger partial charge in [-0.1, -0.05) is 18.2 Å². The van der Waals surface area contributed by atoms with Crippen molar-refractivity contribution in [3.05, 3.63) is 52.9 Å². The highest BCUT2D eigenvalue weighted by Gasteiger charge is 2.18. The van der Waals surface area contributed by atoms with Crippen molar-refractivity contribution < 1.29 is 9.21 Å². The number of benzene rings is 1. The van der Waals surface area contributed by atoms with Gasteiger partial charge in [0.05, 0.1) is 0 Å². The third-order valence-electron chi connectivity index (χ3n) is 2.57. The van der Waals surface area contributed by atoms with E-state index in [1.165, 1.54) is 0 Å². The fraction of sp³-hybridized carbons (Fsp3) is 0.154. The van der Waals surface area contributed by atoms with Gasteiger partial charge in [0.15, 0.2) is 11.0 Å². The number of anilines is 1. The van der Waals surface area contributed by atoms with E-state index in [4.69, 9.17) is 16.0 Å². The lowest BCUT2D eigenvalue weighted by molar-refractivity contribution is 0.0966. The zero-order valence-electron chi connectivity index (χ0n) is 9.61. The van der Waals surface area contributed by atoms with Gasteiger partial charge in [0.2, 0.25) is 0 Å². The summed E-state index contributed by atoms with van der Waals surface area (Å²) in [7, 11) is 1.71. The van der Waals surface area contributed by atoms with E-state index in [1.54, 1.807) is 24.1 Å². The van der Waals surface area contributed by atoms with Crippen LogP contribution in [0, 0.1) is 6.92 Å². The largest absolute Gasteiger partial charge is 0.440 e. The molecule has 1 heterocycles. The maximum atomic E-state index is 12.1. The normalized spacial score (nSPS) is 10.3. The lowest BCUT2D eigenvalue weighted by atomic mass is 10.2. The number of hydrogen-bond acceptors (Lipinski definition) is 2. The van der Waals surface area contributed by atoms with Gasteiger partial charge in [0.1, 0.15) is 0 Å². The molecule has 0 saturated carbocycles. The second-order valence-electron chi connectivity index (χ2n) is 3.75. The van der Waals surface area contributed by atoms with Crippen molar-refractivity contribution in [2.45, 2.75) is 6.92 Å². The highest BCUT2D eigenvalue weighted by Crippen LogP contribution is 2.21.